The number of esters is 1. The molecule has 0 aromatic heterocycles. The van der Waals surface area contributed by atoms with Crippen LogP contribution < -0.4 is 4.90 Å². The van der Waals surface area contributed by atoms with Crippen LogP contribution in [0.15, 0.2) is 53.7 Å². The van der Waals surface area contributed by atoms with Crippen molar-refractivity contribution in [3.63, 3.8) is 0 Å². The van der Waals surface area contributed by atoms with E-state index in [1.165, 1.54) is 0 Å². The molecule has 0 fully saturated rings. The minimum Gasteiger partial charge on any atom is -0.462 e. The largest absolute Gasteiger partial charge is 0.462 e. The van der Waals surface area contributed by atoms with Gasteiger partial charge in [0.25, 0.3) is 0 Å². The molecular formula is C24H21Cl2NO4. The molecule has 0 saturated heterocycles. The van der Waals surface area contributed by atoms with E-state index in [9.17, 15) is 14.4 Å². The summed E-state index contributed by atoms with van der Waals surface area (Å²) in [6.07, 6.45) is 1.85. The highest BCUT2D eigenvalue weighted by Crippen LogP contribution is 2.45. The first-order chi connectivity index (χ1) is 14.9. The van der Waals surface area contributed by atoms with Gasteiger partial charge in [0.15, 0.2) is 5.78 Å². The van der Waals surface area contributed by atoms with E-state index in [0.717, 1.165) is 0 Å². The number of hydrogen-bond donors (Lipinski definition) is 0. The molecule has 0 saturated carbocycles. The third-order valence-electron chi connectivity index (χ3n) is 5.67. The Bertz CT molecular complexity index is 1090. The number of carbonyl (C=O) groups is 3. The molecule has 1 aliphatic carbocycles. The lowest BCUT2D eigenvalue weighted by Gasteiger charge is -2.38. The van der Waals surface area contributed by atoms with E-state index < -0.39 is 11.9 Å². The summed E-state index contributed by atoms with van der Waals surface area (Å²) in [5, 5.41) is 0.772. The maximum Gasteiger partial charge on any atom is 0.338 e. The van der Waals surface area contributed by atoms with E-state index in [1.807, 2.05) is 6.07 Å². The predicted molar refractivity (Wildman–Crippen MR) is 120 cm³/mol. The zero-order chi connectivity index (χ0) is 22.1. The molecular weight excluding hydrogens is 437 g/mol. The van der Waals surface area contributed by atoms with Crippen molar-refractivity contribution in [3.8, 4) is 0 Å². The smallest absolute Gasteiger partial charge is 0.338 e. The van der Waals surface area contributed by atoms with Gasteiger partial charge in [-0.3, -0.25) is 14.5 Å². The Labute approximate surface area is 190 Å². The molecule has 160 valence electrons. The molecule has 0 radical (unpaired) electrons. The Hall–Kier alpha value is -2.63. The highest BCUT2D eigenvalue weighted by Gasteiger charge is 2.40. The van der Waals surface area contributed by atoms with Gasteiger partial charge in [-0.1, -0.05) is 35.3 Å². The molecule has 1 unspecified atom stereocenters. The van der Waals surface area contributed by atoms with Crippen molar-refractivity contribution in [1.29, 1.82) is 0 Å². The Morgan fingerprint density at radius 2 is 1.84 bits per heavy atom. The molecule has 2 aromatic carbocycles. The molecule has 2 aliphatic rings. The number of carbonyl (C=O) groups excluding carboxylic acids is 3. The van der Waals surface area contributed by atoms with Gasteiger partial charge in [0.2, 0.25) is 5.91 Å². The van der Waals surface area contributed by atoms with Gasteiger partial charge in [-0.25, -0.2) is 4.79 Å². The second-order valence-corrected chi connectivity index (χ2v) is 8.32. The number of ether oxygens (including phenoxy) is 1. The molecule has 1 amide bonds. The van der Waals surface area contributed by atoms with Crippen LogP contribution in [0.3, 0.4) is 0 Å². The van der Waals surface area contributed by atoms with Crippen molar-refractivity contribution in [1.82, 2.24) is 0 Å². The zero-order valence-electron chi connectivity index (χ0n) is 17.0. The fourth-order valence-corrected chi connectivity index (χ4v) is 4.75. The number of ketones is 1. The van der Waals surface area contributed by atoms with E-state index in [-0.39, 0.29) is 24.7 Å². The van der Waals surface area contributed by atoms with Crippen LogP contribution in [0.25, 0.3) is 0 Å². The first-order valence-electron chi connectivity index (χ1n) is 10.2. The van der Waals surface area contributed by atoms with Crippen molar-refractivity contribution in [3.05, 3.63) is 74.9 Å². The Kier molecular flexibility index (Phi) is 6.17. The lowest BCUT2D eigenvalue weighted by atomic mass is 9.77. The van der Waals surface area contributed by atoms with Crippen LogP contribution in [-0.2, 0) is 14.3 Å². The quantitative estimate of drug-likeness (QED) is 0.552. The van der Waals surface area contributed by atoms with Crippen molar-refractivity contribution >= 4 is 46.5 Å². The third-order valence-corrected chi connectivity index (χ3v) is 6.50. The first-order valence-corrected chi connectivity index (χ1v) is 11.0. The lowest BCUT2D eigenvalue weighted by molar-refractivity contribution is -0.119. The van der Waals surface area contributed by atoms with Crippen LogP contribution in [0.4, 0.5) is 5.69 Å². The summed E-state index contributed by atoms with van der Waals surface area (Å²) in [4.78, 5) is 39.8. The summed E-state index contributed by atoms with van der Waals surface area (Å²) in [5.74, 6) is -0.930. The number of benzene rings is 2. The maximum atomic E-state index is 13.3. The summed E-state index contributed by atoms with van der Waals surface area (Å²) in [5.41, 5.74) is 3.06. The molecule has 2 aromatic rings. The van der Waals surface area contributed by atoms with E-state index in [4.69, 9.17) is 27.9 Å². The number of rotatable bonds is 4. The van der Waals surface area contributed by atoms with E-state index in [0.29, 0.717) is 57.4 Å². The van der Waals surface area contributed by atoms with Gasteiger partial charge in [-0.15, -0.1) is 0 Å². The monoisotopic (exact) mass is 457 g/mol. The number of halogens is 2. The Balaban J connectivity index is 1.78. The highest BCUT2D eigenvalue weighted by atomic mass is 35.5. The lowest BCUT2D eigenvalue weighted by Crippen LogP contribution is -2.40. The summed E-state index contributed by atoms with van der Waals surface area (Å²) in [6.45, 7) is 2.03. The molecule has 4 rings (SSSR count). The number of amides is 1. The van der Waals surface area contributed by atoms with Gasteiger partial charge in [-0.05, 0) is 55.7 Å². The molecule has 5 nitrogen and oxygen atoms in total. The van der Waals surface area contributed by atoms with Gasteiger partial charge >= 0.3 is 5.97 Å². The second kappa shape index (κ2) is 8.85. The maximum absolute atomic E-state index is 13.3. The molecule has 0 N–H and O–H groups in total. The van der Waals surface area contributed by atoms with Gasteiger partial charge in [-0.2, -0.15) is 0 Å². The van der Waals surface area contributed by atoms with Crippen molar-refractivity contribution in [2.75, 3.05) is 11.5 Å². The fourth-order valence-electron chi connectivity index (χ4n) is 4.31. The number of hydrogen-bond acceptors (Lipinski definition) is 4. The van der Waals surface area contributed by atoms with Gasteiger partial charge in [0.05, 0.1) is 22.2 Å². The number of nitrogens with zero attached hydrogens (tertiary/aromatic N) is 1. The molecule has 0 bridgehead atoms. The van der Waals surface area contributed by atoms with Crippen LogP contribution in [0, 0.1) is 0 Å². The Morgan fingerprint density at radius 1 is 1.10 bits per heavy atom. The summed E-state index contributed by atoms with van der Waals surface area (Å²) in [7, 11) is 0. The SMILES string of the molecule is CCOC(=O)c1ccc(N2C(=O)CC(c3cccc(Cl)c3Cl)C3=C2CCCC3=O)cc1. The Morgan fingerprint density at radius 3 is 2.55 bits per heavy atom. The molecule has 1 heterocycles. The third kappa shape index (κ3) is 4.00. The minimum absolute atomic E-state index is 0.0305. The van der Waals surface area contributed by atoms with Crippen LogP contribution >= 0.6 is 23.2 Å². The zero-order valence-corrected chi connectivity index (χ0v) is 18.5. The predicted octanol–water partition coefficient (Wildman–Crippen LogP) is 5.70. The van der Waals surface area contributed by atoms with Crippen LogP contribution in [0.1, 0.15) is 54.4 Å². The van der Waals surface area contributed by atoms with Gasteiger partial charge in [0.1, 0.15) is 0 Å². The van der Waals surface area contributed by atoms with Gasteiger partial charge in [0, 0.05) is 35.7 Å². The van der Waals surface area contributed by atoms with Crippen molar-refractivity contribution in [2.45, 2.75) is 38.5 Å². The van der Waals surface area contributed by atoms with E-state index >= 15 is 0 Å². The summed E-state index contributed by atoms with van der Waals surface area (Å²) >= 11 is 12.6. The van der Waals surface area contributed by atoms with Gasteiger partial charge < -0.3 is 4.74 Å². The molecule has 7 heteroatoms. The van der Waals surface area contributed by atoms with E-state index in [2.05, 4.69) is 0 Å². The number of allylic oxidation sites excluding steroid dienone is 2. The topological polar surface area (TPSA) is 63.7 Å². The average Bonchev–Trinajstić information content (AvgIpc) is 2.76. The minimum atomic E-state index is -0.420. The van der Waals surface area contributed by atoms with Crippen LogP contribution in [0.2, 0.25) is 10.0 Å². The van der Waals surface area contributed by atoms with Crippen LogP contribution in [0.5, 0.6) is 0 Å². The van der Waals surface area contributed by atoms with E-state index in [1.54, 1.807) is 48.2 Å². The summed E-state index contributed by atoms with van der Waals surface area (Å²) < 4.78 is 5.02. The fraction of sp³-hybridized carbons (Fsp3) is 0.292. The second-order valence-electron chi connectivity index (χ2n) is 7.53. The highest BCUT2D eigenvalue weighted by molar-refractivity contribution is 6.42. The standard InChI is InChI=1S/C24H21Cl2NO4/c1-2-31-24(30)14-9-11-15(12-10-14)27-19-7-4-8-20(28)22(19)17(13-21(27)29)16-5-3-6-18(25)23(16)26/h3,5-6,9-12,17H,2,4,7-8,13H2,1H3. The number of Topliss-reactive ketones (excluding diaryl/α,β-unsaturated/α-hetero) is 1. The van der Waals surface area contributed by atoms with Crippen LogP contribution in [-0.4, -0.2) is 24.3 Å². The normalized spacial score (nSPS) is 18.8. The van der Waals surface area contributed by atoms with Crippen molar-refractivity contribution in [2.24, 2.45) is 0 Å². The first kappa shape index (κ1) is 21.6. The molecule has 0 spiro atoms. The molecule has 1 aliphatic heterocycles. The molecule has 1 atom stereocenters. The molecule has 31 heavy (non-hydrogen) atoms. The average molecular weight is 458 g/mol. The van der Waals surface area contributed by atoms with Crippen molar-refractivity contribution < 1.29 is 19.1 Å². The summed E-state index contributed by atoms with van der Waals surface area (Å²) in [6, 6.07) is 12.0. The number of anilines is 1.